The summed E-state index contributed by atoms with van der Waals surface area (Å²) < 4.78 is 5.46. The van der Waals surface area contributed by atoms with Crippen molar-refractivity contribution in [1.82, 2.24) is 9.80 Å². The number of thiophene rings is 1. The summed E-state index contributed by atoms with van der Waals surface area (Å²) in [5.41, 5.74) is 6.11. The van der Waals surface area contributed by atoms with E-state index in [0.717, 1.165) is 39.4 Å². The predicted molar refractivity (Wildman–Crippen MR) is 88.9 cm³/mol. The van der Waals surface area contributed by atoms with Crippen LogP contribution >= 0.6 is 11.3 Å². The molecule has 0 radical (unpaired) electrons. The van der Waals surface area contributed by atoms with Crippen LogP contribution in [0.4, 0.5) is 0 Å². The Labute approximate surface area is 131 Å². The van der Waals surface area contributed by atoms with Crippen LogP contribution in [0.25, 0.3) is 0 Å². The molecular weight excluding hydrogens is 284 g/mol. The first kappa shape index (κ1) is 16.3. The lowest BCUT2D eigenvalue weighted by Gasteiger charge is -2.33. The molecule has 0 aliphatic carbocycles. The van der Waals surface area contributed by atoms with Gasteiger partial charge in [0.2, 0.25) is 0 Å². The number of rotatable bonds is 6. The quantitative estimate of drug-likeness (QED) is 0.643. The summed E-state index contributed by atoms with van der Waals surface area (Å²) in [7, 11) is 0. The van der Waals surface area contributed by atoms with Crippen LogP contribution in [-0.2, 0) is 4.74 Å². The molecule has 1 fully saturated rings. The van der Waals surface area contributed by atoms with Gasteiger partial charge in [0.1, 0.15) is 0 Å². The van der Waals surface area contributed by atoms with Crippen LogP contribution in [0, 0.1) is 0 Å². The Morgan fingerprint density at radius 2 is 2.14 bits per heavy atom. The Balaban J connectivity index is 2.07. The summed E-state index contributed by atoms with van der Waals surface area (Å²) in [4.78, 5) is 10.5. The average molecular weight is 310 g/mol. The standard InChI is InChI=1S/C15H26N4OS/c1-3-18(4-2)15(16)17-12-13(14-6-5-11-21-14)19-7-9-20-10-8-19/h5-6,11,13H,3-4,7-10,12H2,1-2H3,(H2,16,17). The fraction of sp³-hybridized carbons (Fsp3) is 0.667. The van der Waals surface area contributed by atoms with E-state index in [0.29, 0.717) is 18.5 Å². The second-order valence-electron chi connectivity index (χ2n) is 5.05. The summed E-state index contributed by atoms with van der Waals surface area (Å²) >= 11 is 1.79. The number of aliphatic imine (C=N–C) groups is 1. The van der Waals surface area contributed by atoms with Crippen molar-refractivity contribution in [3.63, 3.8) is 0 Å². The van der Waals surface area contributed by atoms with Crippen molar-refractivity contribution >= 4 is 17.3 Å². The molecule has 6 heteroatoms. The minimum atomic E-state index is 0.308. The highest BCUT2D eigenvalue weighted by atomic mass is 32.1. The molecule has 1 aromatic heterocycles. The molecule has 1 unspecified atom stereocenters. The van der Waals surface area contributed by atoms with Crippen LogP contribution in [0.15, 0.2) is 22.5 Å². The van der Waals surface area contributed by atoms with Crippen LogP contribution < -0.4 is 5.73 Å². The van der Waals surface area contributed by atoms with Crippen molar-refractivity contribution in [2.24, 2.45) is 10.7 Å². The monoisotopic (exact) mass is 310 g/mol. The predicted octanol–water partition coefficient (Wildman–Crippen LogP) is 1.78. The molecule has 1 atom stereocenters. The minimum absolute atomic E-state index is 0.308. The molecule has 1 aliphatic heterocycles. The van der Waals surface area contributed by atoms with Gasteiger partial charge in [-0.3, -0.25) is 9.89 Å². The number of nitrogens with zero attached hydrogens (tertiary/aromatic N) is 3. The zero-order chi connectivity index (χ0) is 15.1. The maximum absolute atomic E-state index is 6.11. The Hall–Kier alpha value is -1.11. The molecule has 5 nitrogen and oxygen atoms in total. The molecule has 0 spiro atoms. The number of nitrogens with two attached hydrogens (primary N) is 1. The van der Waals surface area contributed by atoms with E-state index in [9.17, 15) is 0 Å². The van der Waals surface area contributed by atoms with Crippen LogP contribution in [0.5, 0.6) is 0 Å². The van der Waals surface area contributed by atoms with Gasteiger partial charge >= 0.3 is 0 Å². The summed E-state index contributed by atoms with van der Waals surface area (Å²) in [6.45, 7) is 10.2. The van der Waals surface area contributed by atoms with Crippen molar-refractivity contribution in [3.8, 4) is 0 Å². The lowest BCUT2D eigenvalue weighted by Crippen LogP contribution is -2.41. The molecular formula is C15H26N4OS. The highest BCUT2D eigenvalue weighted by Crippen LogP contribution is 2.26. The third kappa shape index (κ3) is 4.43. The second kappa shape index (κ2) is 8.36. The smallest absolute Gasteiger partial charge is 0.191 e. The number of morpholine rings is 1. The van der Waals surface area contributed by atoms with E-state index in [1.54, 1.807) is 11.3 Å². The van der Waals surface area contributed by atoms with Gasteiger partial charge in [-0.15, -0.1) is 11.3 Å². The van der Waals surface area contributed by atoms with Gasteiger partial charge in [0.05, 0.1) is 25.8 Å². The fourth-order valence-corrected chi connectivity index (χ4v) is 3.44. The van der Waals surface area contributed by atoms with Gasteiger partial charge < -0.3 is 15.4 Å². The third-order valence-corrected chi connectivity index (χ3v) is 4.85. The molecule has 1 saturated heterocycles. The fourth-order valence-electron chi connectivity index (χ4n) is 2.58. The summed E-state index contributed by atoms with van der Waals surface area (Å²) in [5.74, 6) is 0.648. The van der Waals surface area contributed by atoms with Gasteiger partial charge in [-0.1, -0.05) is 6.07 Å². The molecule has 0 aromatic carbocycles. The maximum atomic E-state index is 6.11. The number of guanidine groups is 1. The molecule has 2 rings (SSSR count). The molecule has 0 bridgehead atoms. The van der Waals surface area contributed by atoms with Gasteiger partial charge in [0.15, 0.2) is 5.96 Å². The highest BCUT2D eigenvalue weighted by Gasteiger charge is 2.23. The van der Waals surface area contributed by atoms with Gasteiger partial charge in [0, 0.05) is 31.1 Å². The zero-order valence-corrected chi connectivity index (χ0v) is 13.8. The number of ether oxygens (including phenoxy) is 1. The summed E-state index contributed by atoms with van der Waals surface area (Å²) in [6.07, 6.45) is 0. The molecule has 118 valence electrons. The van der Waals surface area contributed by atoms with Gasteiger partial charge in [-0.05, 0) is 25.3 Å². The van der Waals surface area contributed by atoms with Crippen LogP contribution in [0.3, 0.4) is 0 Å². The highest BCUT2D eigenvalue weighted by molar-refractivity contribution is 7.10. The van der Waals surface area contributed by atoms with Crippen LogP contribution in [0.1, 0.15) is 24.8 Å². The van der Waals surface area contributed by atoms with Crippen LogP contribution in [0.2, 0.25) is 0 Å². The maximum Gasteiger partial charge on any atom is 0.191 e. The lowest BCUT2D eigenvalue weighted by atomic mass is 10.2. The van der Waals surface area contributed by atoms with Crippen molar-refractivity contribution in [3.05, 3.63) is 22.4 Å². The van der Waals surface area contributed by atoms with Crippen molar-refractivity contribution in [2.45, 2.75) is 19.9 Å². The molecule has 0 saturated carbocycles. The normalized spacial score (nSPS) is 18.7. The molecule has 2 N–H and O–H groups in total. The summed E-state index contributed by atoms with van der Waals surface area (Å²) in [6, 6.07) is 4.60. The van der Waals surface area contributed by atoms with E-state index >= 15 is 0 Å². The SMILES string of the molecule is CCN(CC)C(N)=NCC(c1cccs1)N1CCOCC1. The first-order chi connectivity index (χ1) is 10.3. The largest absolute Gasteiger partial charge is 0.379 e. The van der Waals surface area contributed by atoms with E-state index < -0.39 is 0 Å². The van der Waals surface area contributed by atoms with E-state index in [4.69, 9.17) is 10.5 Å². The topological polar surface area (TPSA) is 54.1 Å². The zero-order valence-electron chi connectivity index (χ0n) is 13.0. The van der Waals surface area contributed by atoms with Gasteiger partial charge in [-0.2, -0.15) is 0 Å². The third-order valence-electron chi connectivity index (χ3n) is 3.87. The number of hydrogen-bond acceptors (Lipinski definition) is 4. The van der Waals surface area contributed by atoms with Crippen molar-refractivity contribution < 1.29 is 4.74 Å². The number of hydrogen-bond donors (Lipinski definition) is 1. The lowest BCUT2D eigenvalue weighted by molar-refractivity contribution is 0.0186. The Morgan fingerprint density at radius 3 is 2.71 bits per heavy atom. The van der Waals surface area contributed by atoms with E-state index in [1.165, 1.54) is 4.88 Å². The Kier molecular flexibility index (Phi) is 6.48. The molecule has 1 aliphatic rings. The first-order valence-corrected chi connectivity index (χ1v) is 8.54. The van der Waals surface area contributed by atoms with Crippen molar-refractivity contribution in [2.75, 3.05) is 45.9 Å². The van der Waals surface area contributed by atoms with Gasteiger partial charge in [-0.25, -0.2) is 0 Å². The molecule has 0 amide bonds. The van der Waals surface area contributed by atoms with Crippen LogP contribution in [-0.4, -0.2) is 61.7 Å². The molecule has 21 heavy (non-hydrogen) atoms. The molecule has 1 aromatic rings. The molecule has 2 heterocycles. The van der Waals surface area contributed by atoms with E-state index in [-0.39, 0.29) is 0 Å². The first-order valence-electron chi connectivity index (χ1n) is 7.66. The van der Waals surface area contributed by atoms with E-state index in [2.05, 4.69) is 46.2 Å². The Morgan fingerprint density at radius 1 is 1.43 bits per heavy atom. The minimum Gasteiger partial charge on any atom is -0.379 e. The van der Waals surface area contributed by atoms with Crippen molar-refractivity contribution in [1.29, 1.82) is 0 Å². The van der Waals surface area contributed by atoms with Gasteiger partial charge in [0.25, 0.3) is 0 Å². The second-order valence-corrected chi connectivity index (χ2v) is 6.03. The Bertz CT molecular complexity index is 425. The average Bonchev–Trinajstić information content (AvgIpc) is 3.04. The summed E-state index contributed by atoms with van der Waals surface area (Å²) in [5, 5.41) is 2.13. The van der Waals surface area contributed by atoms with E-state index in [1.807, 2.05) is 0 Å².